The van der Waals surface area contributed by atoms with E-state index in [1.54, 1.807) is 18.2 Å². The van der Waals surface area contributed by atoms with Crippen LogP contribution < -0.4 is 4.74 Å². The summed E-state index contributed by atoms with van der Waals surface area (Å²) in [5.41, 5.74) is 0.701. The first-order valence-corrected chi connectivity index (χ1v) is 7.85. The van der Waals surface area contributed by atoms with Crippen molar-refractivity contribution in [2.45, 2.75) is 12.7 Å². The number of nitrogens with zero attached hydrogens (tertiary/aromatic N) is 2. The summed E-state index contributed by atoms with van der Waals surface area (Å²) in [5.74, 6) is -0.746. The third-order valence-corrected chi connectivity index (χ3v) is 4.22. The number of fused-ring (bicyclic) bond motifs is 3. The number of aromatic nitrogens is 2. The van der Waals surface area contributed by atoms with E-state index in [2.05, 4.69) is 25.7 Å². The highest BCUT2D eigenvalue weighted by Crippen LogP contribution is 2.38. The quantitative estimate of drug-likeness (QED) is 0.597. The molecule has 132 valence electrons. The molecule has 0 saturated heterocycles. The lowest BCUT2D eigenvalue weighted by Crippen LogP contribution is -2.18. The van der Waals surface area contributed by atoms with Crippen LogP contribution in [0, 0.1) is 0 Å². The number of hydrogen-bond donors (Lipinski definition) is 0. The summed E-state index contributed by atoms with van der Waals surface area (Å²) in [6.07, 6.45) is -3.22. The lowest BCUT2D eigenvalue weighted by atomic mass is 10.2. The van der Waals surface area contributed by atoms with Crippen LogP contribution >= 0.6 is 15.9 Å². The van der Waals surface area contributed by atoms with E-state index in [-0.39, 0.29) is 16.8 Å². The number of esters is 1. The molecule has 5 nitrogen and oxygen atoms in total. The summed E-state index contributed by atoms with van der Waals surface area (Å²) < 4.78 is 51.1. The van der Waals surface area contributed by atoms with E-state index in [1.807, 2.05) is 0 Å². The second-order valence-electron chi connectivity index (χ2n) is 5.26. The molecule has 0 unspecified atom stereocenters. The highest BCUT2D eigenvalue weighted by Gasteiger charge is 2.32. The van der Waals surface area contributed by atoms with Gasteiger partial charge in [0.1, 0.15) is 17.6 Å². The van der Waals surface area contributed by atoms with Gasteiger partial charge in [0.25, 0.3) is 0 Å². The fourth-order valence-corrected chi connectivity index (χ4v) is 3.15. The molecule has 2 aromatic heterocycles. The molecule has 0 aliphatic heterocycles. The van der Waals surface area contributed by atoms with Crippen molar-refractivity contribution in [1.29, 1.82) is 0 Å². The number of methoxy groups -OCH3 is 2. The molecule has 0 saturated carbocycles. The first-order valence-electron chi connectivity index (χ1n) is 7.06. The van der Waals surface area contributed by atoms with Crippen molar-refractivity contribution < 1.29 is 27.4 Å². The maximum Gasteiger partial charge on any atom is 0.406 e. The molecule has 0 atom stereocenters. The molecule has 2 heterocycles. The number of benzene rings is 1. The Hall–Kier alpha value is -2.29. The highest BCUT2D eigenvalue weighted by molar-refractivity contribution is 9.10. The van der Waals surface area contributed by atoms with Gasteiger partial charge in [-0.15, -0.1) is 0 Å². The number of rotatable bonds is 3. The Bertz CT molecular complexity index is 982. The van der Waals surface area contributed by atoms with Crippen LogP contribution in [0.1, 0.15) is 10.4 Å². The number of halogens is 4. The third-order valence-electron chi connectivity index (χ3n) is 3.73. The molecule has 0 aliphatic rings. The molecule has 0 radical (unpaired) electrons. The van der Waals surface area contributed by atoms with E-state index in [9.17, 15) is 18.0 Å². The van der Waals surface area contributed by atoms with Crippen LogP contribution in [0.2, 0.25) is 0 Å². The van der Waals surface area contributed by atoms with Crippen LogP contribution in [0.25, 0.3) is 21.9 Å². The molecule has 0 amide bonds. The van der Waals surface area contributed by atoms with Crippen LogP contribution in [-0.2, 0) is 11.3 Å². The first kappa shape index (κ1) is 17.5. The van der Waals surface area contributed by atoms with Crippen LogP contribution in [0.4, 0.5) is 13.2 Å². The fourth-order valence-electron chi connectivity index (χ4n) is 2.79. The minimum Gasteiger partial charge on any atom is -0.494 e. The Morgan fingerprint density at radius 3 is 2.64 bits per heavy atom. The standard InChI is InChI=1S/C16H12BrF3N2O3/c1-24-14-10(15(23)25-2)6-21-12-9-5-8(17)3-4-11(9)22(13(12)14)7-16(18,19)20/h3-6H,7H2,1-2H3. The summed E-state index contributed by atoms with van der Waals surface area (Å²) >= 11 is 3.31. The van der Waals surface area contributed by atoms with Gasteiger partial charge < -0.3 is 14.0 Å². The normalized spacial score (nSPS) is 11.9. The molecule has 3 rings (SSSR count). The van der Waals surface area contributed by atoms with Gasteiger partial charge in [-0.1, -0.05) is 15.9 Å². The van der Waals surface area contributed by atoms with Gasteiger partial charge in [-0.2, -0.15) is 13.2 Å². The Morgan fingerprint density at radius 1 is 1.32 bits per heavy atom. The van der Waals surface area contributed by atoms with Crippen LogP contribution in [0.3, 0.4) is 0 Å². The fraction of sp³-hybridized carbons (Fsp3) is 0.250. The minimum absolute atomic E-state index is 0.00609. The third kappa shape index (κ3) is 3.04. The molecule has 0 N–H and O–H groups in total. The first-order chi connectivity index (χ1) is 11.8. The number of carbonyl (C=O) groups excluding carboxylic acids is 1. The molecular formula is C16H12BrF3N2O3. The van der Waals surface area contributed by atoms with Crippen molar-refractivity contribution in [3.63, 3.8) is 0 Å². The molecule has 0 bridgehead atoms. The Labute approximate surface area is 148 Å². The molecule has 25 heavy (non-hydrogen) atoms. The lowest BCUT2D eigenvalue weighted by Gasteiger charge is -2.14. The Balaban J connectivity index is 2.47. The van der Waals surface area contributed by atoms with Crippen molar-refractivity contribution in [2.24, 2.45) is 0 Å². The molecule has 0 spiro atoms. The predicted molar refractivity (Wildman–Crippen MR) is 88.9 cm³/mol. The number of ether oxygens (including phenoxy) is 2. The topological polar surface area (TPSA) is 53.3 Å². The second-order valence-corrected chi connectivity index (χ2v) is 6.17. The molecule has 3 aromatic rings. The van der Waals surface area contributed by atoms with Gasteiger partial charge in [0.15, 0.2) is 5.75 Å². The average molecular weight is 417 g/mol. The summed E-state index contributed by atoms with van der Waals surface area (Å²) in [7, 11) is 2.46. The molecular weight excluding hydrogens is 405 g/mol. The highest BCUT2D eigenvalue weighted by atomic mass is 79.9. The molecule has 1 aromatic carbocycles. The van der Waals surface area contributed by atoms with E-state index in [0.29, 0.717) is 20.9 Å². The molecule has 0 fully saturated rings. The van der Waals surface area contributed by atoms with Crippen LogP contribution in [-0.4, -0.2) is 35.9 Å². The van der Waals surface area contributed by atoms with Gasteiger partial charge >= 0.3 is 12.1 Å². The van der Waals surface area contributed by atoms with Gasteiger partial charge in [0.2, 0.25) is 0 Å². The van der Waals surface area contributed by atoms with Gasteiger partial charge in [-0.05, 0) is 18.2 Å². The van der Waals surface area contributed by atoms with Crippen molar-refractivity contribution in [2.75, 3.05) is 14.2 Å². The monoisotopic (exact) mass is 416 g/mol. The molecule has 0 aliphatic carbocycles. The minimum atomic E-state index is -4.46. The van der Waals surface area contributed by atoms with E-state index < -0.39 is 18.7 Å². The lowest BCUT2D eigenvalue weighted by molar-refractivity contribution is -0.139. The van der Waals surface area contributed by atoms with Crippen molar-refractivity contribution in [3.05, 3.63) is 34.4 Å². The van der Waals surface area contributed by atoms with Gasteiger partial charge in [-0.25, -0.2) is 4.79 Å². The van der Waals surface area contributed by atoms with Crippen molar-refractivity contribution in [1.82, 2.24) is 9.55 Å². The Kier molecular flexibility index (Phi) is 4.36. The maximum absolute atomic E-state index is 13.1. The zero-order valence-electron chi connectivity index (χ0n) is 13.1. The van der Waals surface area contributed by atoms with Gasteiger partial charge in [0.05, 0.1) is 25.3 Å². The number of hydrogen-bond acceptors (Lipinski definition) is 4. The average Bonchev–Trinajstić information content (AvgIpc) is 2.85. The largest absolute Gasteiger partial charge is 0.494 e. The summed E-state index contributed by atoms with van der Waals surface area (Å²) in [6.45, 7) is -1.24. The van der Waals surface area contributed by atoms with Crippen LogP contribution in [0.15, 0.2) is 28.9 Å². The van der Waals surface area contributed by atoms with E-state index in [0.717, 1.165) is 4.57 Å². The maximum atomic E-state index is 13.1. The number of alkyl halides is 3. The van der Waals surface area contributed by atoms with Crippen LogP contribution in [0.5, 0.6) is 5.75 Å². The zero-order chi connectivity index (χ0) is 18.4. The van der Waals surface area contributed by atoms with Gasteiger partial charge in [0, 0.05) is 16.1 Å². The second kappa shape index (κ2) is 6.21. The summed E-state index contributed by atoms with van der Waals surface area (Å²) in [5, 5.41) is 0.517. The van der Waals surface area contributed by atoms with Crippen molar-refractivity contribution >= 4 is 43.8 Å². The summed E-state index contributed by atoms with van der Waals surface area (Å²) in [6, 6.07) is 4.88. The Morgan fingerprint density at radius 2 is 2.04 bits per heavy atom. The SMILES string of the molecule is COC(=O)c1cnc2c3cc(Br)ccc3n(CC(F)(F)F)c2c1OC. The number of carbonyl (C=O) groups is 1. The number of pyridine rings is 1. The summed E-state index contributed by atoms with van der Waals surface area (Å²) in [4.78, 5) is 16.1. The predicted octanol–water partition coefficient (Wildman–Crippen LogP) is 4.31. The van der Waals surface area contributed by atoms with E-state index in [4.69, 9.17) is 4.74 Å². The smallest absolute Gasteiger partial charge is 0.406 e. The molecule has 9 heteroatoms. The van der Waals surface area contributed by atoms with E-state index >= 15 is 0 Å². The van der Waals surface area contributed by atoms with Crippen molar-refractivity contribution in [3.8, 4) is 5.75 Å². The van der Waals surface area contributed by atoms with E-state index in [1.165, 1.54) is 20.4 Å². The zero-order valence-corrected chi connectivity index (χ0v) is 14.7. The van der Waals surface area contributed by atoms with Gasteiger partial charge in [-0.3, -0.25) is 4.98 Å².